The van der Waals surface area contributed by atoms with Crippen molar-refractivity contribution >= 4 is 22.6 Å². The summed E-state index contributed by atoms with van der Waals surface area (Å²) in [5, 5.41) is 0. The van der Waals surface area contributed by atoms with Gasteiger partial charge in [0.25, 0.3) is 0 Å². The number of rotatable bonds is 4. The molecule has 4 nitrogen and oxygen atoms in total. The lowest BCUT2D eigenvalue weighted by Crippen LogP contribution is -2.30. The van der Waals surface area contributed by atoms with E-state index in [-0.39, 0.29) is 6.04 Å². The molecule has 1 aromatic carbocycles. The van der Waals surface area contributed by atoms with Gasteiger partial charge in [0, 0.05) is 29.4 Å². The highest BCUT2D eigenvalue weighted by Crippen LogP contribution is 2.22. The van der Waals surface area contributed by atoms with Crippen molar-refractivity contribution in [1.29, 1.82) is 0 Å². The molecule has 0 saturated carbocycles. The molecule has 2 rings (SSSR count). The number of hydrogen-bond donors (Lipinski definition) is 2. The third-order valence-corrected chi connectivity index (χ3v) is 3.77. The quantitative estimate of drug-likeness (QED) is 0.506. The molecule has 0 aliphatic rings. The van der Waals surface area contributed by atoms with Crippen LogP contribution in [-0.4, -0.2) is 9.55 Å². The molecule has 0 aliphatic carbocycles. The Balaban J connectivity index is 2.23. The zero-order chi connectivity index (χ0) is 12.3. The largest absolute Gasteiger partial charge is 0.338 e. The maximum atomic E-state index is 5.65. The van der Waals surface area contributed by atoms with Gasteiger partial charge < -0.3 is 4.57 Å². The predicted molar refractivity (Wildman–Crippen MR) is 76.1 cm³/mol. The first-order valence-electron chi connectivity index (χ1n) is 5.39. The van der Waals surface area contributed by atoms with Gasteiger partial charge in [-0.05, 0) is 34.2 Å². The zero-order valence-electron chi connectivity index (χ0n) is 9.60. The molecule has 5 heteroatoms. The molecule has 1 heterocycles. The molecule has 0 bridgehead atoms. The second-order valence-corrected chi connectivity index (χ2v) is 5.06. The fraction of sp³-hybridized carbons (Fsp3) is 0.250. The lowest BCUT2D eigenvalue weighted by Gasteiger charge is -2.17. The standard InChI is InChI=1S/C12H15IN4/c1-17-7-6-15-12(17)8-11(16-14)9-4-2-3-5-10(9)13/h2-7,11,16H,8,14H2,1H3. The average Bonchev–Trinajstić information content (AvgIpc) is 2.73. The fourth-order valence-corrected chi connectivity index (χ4v) is 2.56. The monoisotopic (exact) mass is 342 g/mol. The Kier molecular flexibility index (Phi) is 4.14. The molecule has 0 aliphatic heterocycles. The minimum Gasteiger partial charge on any atom is -0.338 e. The van der Waals surface area contributed by atoms with Crippen LogP contribution >= 0.6 is 22.6 Å². The van der Waals surface area contributed by atoms with Crippen LogP contribution in [0.15, 0.2) is 36.7 Å². The number of aromatic nitrogens is 2. The van der Waals surface area contributed by atoms with Crippen LogP contribution in [0.5, 0.6) is 0 Å². The van der Waals surface area contributed by atoms with Crippen molar-refractivity contribution in [1.82, 2.24) is 15.0 Å². The Bertz CT molecular complexity index is 495. The van der Waals surface area contributed by atoms with Crippen LogP contribution in [-0.2, 0) is 13.5 Å². The molecule has 17 heavy (non-hydrogen) atoms. The highest BCUT2D eigenvalue weighted by Gasteiger charge is 2.15. The van der Waals surface area contributed by atoms with Gasteiger partial charge in [-0.25, -0.2) is 4.98 Å². The van der Waals surface area contributed by atoms with Crippen LogP contribution in [0.1, 0.15) is 17.4 Å². The summed E-state index contributed by atoms with van der Waals surface area (Å²) >= 11 is 2.33. The number of hydrazine groups is 1. The molecule has 3 N–H and O–H groups in total. The summed E-state index contributed by atoms with van der Waals surface area (Å²) < 4.78 is 3.22. The summed E-state index contributed by atoms with van der Waals surface area (Å²) in [6.45, 7) is 0. The first-order valence-corrected chi connectivity index (χ1v) is 6.47. The van der Waals surface area contributed by atoms with E-state index in [9.17, 15) is 0 Å². The fourth-order valence-electron chi connectivity index (χ4n) is 1.79. The van der Waals surface area contributed by atoms with Crippen LogP contribution in [0.4, 0.5) is 0 Å². The number of imidazole rings is 1. The number of aryl methyl sites for hydroxylation is 1. The molecule has 2 aromatic rings. The van der Waals surface area contributed by atoms with E-state index >= 15 is 0 Å². The van der Waals surface area contributed by atoms with Crippen molar-refractivity contribution in [3.05, 3.63) is 51.6 Å². The van der Waals surface area contributed by atoms with Crippen LogP contribution in [0, 0.1) is 3.57 Å². The topological polar surface area (TPSA) is 55.9 Å². The summed E-state index contributed by atoms with van der Waals surface area (Å²) in [4.78, 5) is 4.32. The van der Waals surface area contributed by atoms with Gasteiger partial charge in [0.15, 0.2) is 0 Å². The summed E-state index contributed by atoms with van der Waals surface area (Å²) in [6.07, 6.45) is 4.53. The van der Waals surface area contributed by atoms with Crippen molar-refractivity contribution in [2.75, 3.05) is 0 Å². The van der Waals surface area contributed by atoms with Crippen LogP contribution in [0.2, 0.25) is 0 Å². The predicted octanol–water partition coefficient (Wildman–Crippen LogP) is 1.77. The Hall–Kier alpha value is -0.920. The molecular weight excluding hydrogens is 327 g/mol. The molecular formula is C12H15IN4. The van der Waals surface area contributed by atoms with Crippen molar-refractivity contribution in [2.24, 2.45) is 12.9 Å². The van der Waals surface area contributed by atoms with Crippen molar-refractivity contribution in [2.45, 2.75) is 12.5 Å². The van der Waals surface area contributed by atoms with Gasteiger partial charge in [-0.1, -0.05) is 18.2 Å². The minimum atomic E-state index is 0.0872. The third kappa shape index (κ3) is 2.85. The molecule has 0 spiro atoms. The van der Waals surface area contributed by atoms with Gasteiger partial charge in [-0.2, -0.15) is 0 Å². The maximum absolute atomic E-state index is 5.65. The minimum absolute atomic E-state index is 0.0872. The molecule has 0 fully saturated rings. The summed E-state index contributed by atoms with van der Waals surface area (Å²) in [6, 6.07) is 8.32. The average molecular weight is 342 g/mol. The lowest BCUT2D eigenvalue weighted by molar-refractivity contribution is 0.528. The van der Waals surface area contributed by atoms with Gasteiger partial charge in [0.05, 0.1) is 6.04 Å². The van der Waals surface area contributed by atoms with Crippen molar-refractivity contribution in [3.63, 3.8) is 0 Å². The van der Waals surface area contributed by atoms with Crippen LogP contribution in [0.25, 0.3) is 0 Å². The van der Waals surface area contributed by atoms with E-state index in [0.29, 0.717) is 0 Å². The molecule has 1 aromatic heterocycles. The van der Waals surface area contributed by atoms with Gasteiger partial charge >= 0.3 is 0 Å². The highest BCUT2D eigenvalue weighted by atomic mass is 127. The van der Waals surface area contributed by atoms with E-state index in [1.54, 1.807) is 6.20 Å². The highest BCUT2D eigenvalue weighted by molar-refractivity contribution is 14.1. The smallest absolute Gasteiger partial charge is 0.110 e. The third-order valence-electron chi connectivity index (χ3n) is 2.79. The molecule has 90 valence electrons. The summed E-state index contributed by atoms with van der Waals surface area (Å²) in [5.41, 5.74) is 4.07. The van der Waals surface area contributed by atoms with E-state index in [2.05, 4.69) is 45.1 Å². The van der Waals surface area contributed by atoms with E-state index in [0.717, 1.165) is 12.2 Å². The number of nitrogens with zero attached hydrogens (tertiary/aromatic N) is 2. The summed E-state index contributed by atoms with van der Waals surface area (Å²) in [5.74, 6) is 6.67. The van der Waals surface area contributed by atoms with Crippen LogP contribution in [0.3, 0.4) is 0 Å². The molecule has 1 unspecified atom stereocenters. The van der Waals surface area contributed by atoms with Gasteiger partial charge in [-0.15, -0.1) is 0 Å². The Morgan fingerprint density at radius 1 is 1.47 bits per heavy atom. The second kappa shape index (κ2) is 5.61. The molecule has 0 amide bonds. The number of nitrogens with two attached hydrogens (primary N) is 1. The first kappa shape index (κ1) is 12.5. The lowest BCUT2D eigenvalue weighted by atomic mass is 10.0. The Morgan fingerprint density at radius 2 is 2.24 bits per heavy atom. The van der Waals surface area contributed by atoms with E-state index in [1.807, 2.05) is 29.9 Å². The van der Waals surface area contributed by atoms with Crippen molar-refractivity contribution < 1.29 is 0 Å². The SMILES string of the molecule is Cn1ccnc1CC(NN)c1ccccc1I. The Labute approximate surface area is 114 Å². The first-order chi connectivity index (χ1) is 8.22. The van der Waals surface area contributed by atoms with E-state index in [1.165, 1.54) is 9.13 Å². The van der Waals surface area contributed by atoms with Gasteiger partial charge in [-0.3, -0.25) is 11.3 Å². The summed E-state index contributed by atoms with van der Waals surface area (Å²) in [7, 11) is 1.99. The molecule has 1 atom stereocenters. The van der Waals surface area contributed by atoms with Gasteiger partial charge in [0.1, 0.15) is 5.82 Å². The van der Waals surface area contributed by atoms with Crippen LogP contribution < -0.4 is 11.3 Å². The maximum Gasteiger partial charge on any atom is 0.110 e. The van der Waals surface area contributed by atoms with E-state index in [4.69, 9.17) is 5.84 Å². The number of halogens is 1. The van der Waals surface area contributed by atoms with Crippen molar-refractivity contribution in [3.8, 4) is 0 Å². The van der Waals surface area contributed by atoms with E-state index < -0.39 is 0 Å². The normalized spacial score (nSPS) is 12.6. The number of hydrogen-bond acceptors (Lipinski definition) is 3. The zero-order valence-corrected chi connectivity index (χ0v) is 11.8. The Morgan fingerprint density at radius 3 is 2.82 bits per heavy atom. The second-order valence-electron chi connectivity index (χ2n) is 3.90. The van der Waals surface area contributed by atoms with Gasteiger partial charge in [0.2, 0.25) is 0 Å². The number of nitrogens with one attached hydrogen (secondary N) is 1. The molecule has 0 saturated heterocycles. The molecule has 0 radical (unpaired) electrons. The number of benzene rings is 1.